The first kappa shape index (κ1) is 18.8. The van der Waals surface area contributed by atoms with E-state index in [0.717, 1.165) is 11.3 Å². The van der Waals surface area contributed by atoms with Crippen molar-refractivity contribution in [3.05, 3.63) is 95.0 Å². The second kappa shape index (κ2) is 7.85. The first-order valence-corrected chi connectivity index (χ1v) is 9.24. The van der Waals surface area contributed by atoms with Gasteiger partial charge in [-0.25, -0.2) is 14.1 Å². The second-order valence-electron chi connectivity index (χ2n) is 6.48. The van der Waals surface area contributed by atoms with E-state index in [2.05, 4.69) is 15.4 Å². The molecule has 1 amide bonds. The van der Waals surface area contributed by atoms with Crippen LogP contribution in [0.15, 0.2) is 72.8 Å². The molecule has 0 saturated carbocycles. The number of nitrogens with zero attached hydrogens (tertiary/aromatic N) is 3. The predicted octanol–water partition coefficient (Wildman–Crippen LogP) is 5.29. The van der Waals surface area contributed by atoms with Gasteiger partial charge in [0.1, 0.15) is 5.82 Å². The Bertz CT molecular complexity index is 1170. The molecule has 144 valence electrons. The van der Waals surface area contributed by atoms with Crippen LogP contribution < -0.4 is 5.32 Å². The number of nitrogens with one attached hydrogen (secondary N) is 1. The van der Waals surface area contributed by atoms with Crippen molar-refractivity contribution in [3.8, 4) is 17.1 Å². The number of anilines is 1. The lowest BCUT2D eigenvalue weighted by Gasteiger charge is -2.06. The lowest BCUT2D eigenvalue weighted by Crippen LogP contribution is -2.14. The van der Waals surface area contributed by atoms with Crippen LogP contribution in [0.25, 0.3) is 17.1 Å². The second-order valence-corrected chi connectivity index (χ2v) is 6.91. The van der Waals surface area contributed by atoms with Crippen molar-refractivity contribution >= 4 is 23.2 Å². The molecule has 29 heavy (non-hydrogen) atoms. The van der Waals surface area contributed by atoms with Crippen molar-refractivity contribution in [3.63, 3.8) is 0 Å². The summed E-state index contributed by atoms with van der Waals surface area (Å²) in [6.45, 7) is 1.96. The van der Waals surface area contributed by atoms with Gasteiger partial charge in [0, 0.05) is 16.3 Å². The first-order valence-electron chi connectivity index (χ1n) is 8.86. The zero-order valence-corrected chi connectivity index (χ0v) is 16.2. The molecule has 0 unspecified atom stereocenters. The monoisotopic (exact) mass is 406 g/mol. The van der Waals surface area contributed by atoms with Crippen LogP contribution in [-0.2, 0) is 0 Å². The fourth-order valence-corrected chi connectivity index (χ4v) is 2.98. The molecule has 0 aliphatic carbocycles. The Morgan fingerprint density at radius 3 is 2.45 bits per heavy atom. The van der Waals surface area contributed by atoms with Crippen LogP contribution in [0.5, 0.6) is 0 Å². The number of halogens is 2. The summed E-state index contributed by atoms with van der Waals surface area (Å²) in [6.07, 6.45) is 0. The molecule has 1 aromatic heterocycles. The van der Waals surface area contributed by atoms with E-state index in [0.29, 0.717) is 22.1 Å². The van der Waals surface area contributed by atoms with Gasteiger partial charge in [-0.2, -0.15) is 0 Å². The molecule has 0 aliphatic rings. The summed E-state index contributed by atoms with van der Waals surface area (Å²) in [4.78, 5) is 17.1. The van der Waals surface area contributed by atoms with E-state index < -0.39 is 5.91 Å². The zero-order chi connectivity index (χ0) is 20.4. The van der Waals surface area contributed by atoms with Crippen molar-refractivity contribution in [1.82, 2.24) is 14.8 Å². The van der Waals surface area contributed by atoms with E-state index >= 15 is 0 Å². The molecule has 7 heteroatoms. The third-order valence-electron chi connectivity index (χ3n) is 4.26. The molecule has 0 spiro atoms. The molecule has 4 rings (SSSR count). The van der Waals surface area contributed by atoms with Crippen molar-refractivity contribution in [2.45, 2.75) is 6.92 Å². The van der Waals surface area contributed by atoms with E-state index in [4.69, 9.17) is 11.6 Å². The topological polar surface area (TPSA) is 59.8 Å². The molecular formula is C22H16ClFN4O. The molecule has 0 atom stereocenters. The van der Waals surface area contributed by atoms with Gasteiger partial charge in [0.2, 0.25) is 5.82 Å². The average Bonchev–Trinajstić information content (AvgIpc) is 3.16. The number of rotatable bonds is 4. The maximum Gasteiger partial charge on any atom is 0.295 e. The predicted molar refractivity (Wildman–Crippen MR) is 111 cm³/mol. The number of aromatic nitrogens is 3. The fraction of sp³-hybridized carbons (Fsp3) is 0.0455. The highest BCUT2D eigenvalue weighted by Crippen LogP contribution is 2.23. The number of amides is 1. The van der Waals surface area contributed by atoms with Crippen molar-refractivity contribution in [2.24, 2.45) is 0 Å². The molecule has 0 saturated heterocycles. The van der Waals surface area contributed by atoms with Gasteiger partial charge >= 0.3 is 0 Å². The third-order valence-corrected chi connectivity index (χ3v) is 4.51. The van der Waals surface area contributed by atoms with Crippen LogP contribution in [0.4, 0.5) is 10.1 Å². The Balaban J connectivity index is 1.75. The molecule has 0 aliphatic heterocycles. The normalized spacial score (nSPS) is 10.7. The van der Waals surface area contributed by atoms with Gasteiger partial charge in [-0.05, 0) is 73.2 Å². The zero-order valence-electron chi connectivity index (χ0n) is 15.4. The lowest BCUT2D eigenvalue weighted by molar-refractivity contribution is 0.101. The number of carbonyl (C=O) groups excluding carboxylic acids is 1. The molecular weight excluding hydrogens is 391 g/mol. The fourth-order valence-electron chi connectivity index (χ4n) is 2.85. The van der Waals surface area contributed by atoms with Crippen molar-refractivity contribution in [1.29, 1.82) is 0 Å². The Morgan fingerprint density at radius 1 is 1.03 bits per heavy atom. The van der Waals surface area contributed by atoms with Gasteiger partial charge in [0.15, 0.2) is 5.82 Å². The molecule has 0 fully saturated rings. The summed E-state index contributed by atoms with van der Waals surface area (Å²) in [5.41, 5.74) is 3.01. The summed E-state index contributed by atoms with van der Waals surface area (Å²) in [6, 6.07) is 20.3. The molecule has 0 radical (unpaired) electrons. The van der Waals surface area contributed by atoms with Gasteiger partial charge < -0.3 is 5.32 Å². The summed E-state index contributed by atoms with van der Waals surface area (Å²) in [7, 11) is 0. The summed E-state index contributed by atoms with van der Waals surface area (Å²) >= 11 is 5.88. The minimum Gasteiger partial charge on any atom is -0.319 e. The number of hydrogen-bond acceptors (Lipinski definition) is 3. The van der Waals surface area contributed by atoms with Crippen LogP contribution in [0.1, 0.15) is 16.2 Å². The quantitative estimate of drug-likeness (QED) is 0.501. The maximum absolute atomic E-state index is 13.4. The Morgan fingerprint density at radius 2 is 1.76 bits per heavy atom. The summed E-state index contributed by atoms with van der Waals surface area (Å²) < 4.78 is 14.9. The highest BCUT2D eigenvalue weighted by molar-refractivity contribution is 6.30. The maximum atomic E-state index is 13.4. The van der Waals surface area contributed by atoms with Gasteiger partial charge in [-0.3, -0.25) is 4.79 Å². The Labute approximate surface area is 171 Å². The highest BCUT2D eigenvalue weighted by Gasteiger charge is 2.19. The summed E-state index contributed by atoms with van der Waals surface area (Å²) in [5, 5.41) is 7.73. The highest BCUT2D eigenvalue weighted by atomic mass is 35.5. The SMILES string of the molecule is Cc1cccc(-n2nc(C(=O)Nc3ccc(Cl)cc3)nc2-c2ccc(F)cc2)c1. The van der Waals surface area contributed by atoms with E-state index in [1.165, 1.54) is 12.1 Å². The van der Waals surface area contributed by atoms with E-state index in [1.54, 1.807) is 41.1 Å². The number of carbonyl (C=O) groups is 1. The minimum atomic E-state index is -0.456. The molecule has 0 bridgehead atoms. The van der Waals surface area contributed by atoms with Crippen LogP contribution in [-0.4, -0.2) is 20.7 Å². The van der Waals surface area contributed by atoms with Gasteiger partial charge in [-0.15, -0.1) is 5.10 Å². The van der Waals surface area contributed by atoms with E-state index in [1.807, 2.05) is 31.2 Å². The standard InChI is InChI=1S/C22H16ClFN4O/c1-14-3-2-4-19(13-14)28-21(15-5-9-17(24)10-6-15)26-20(27-28)22(29)25-18-11-7-16(23)8-12-18/h2-13H,1H3,(H,25,29). The lowest BCUT2D eigenvalue weighted by atomic mass is 10.2. The average molecular weight is 407 g/mol. The molecule has 4 aromatic rings. The van der Waals surface area contributed by atoms with E-state index in [9.17, 15) is 9.18 Å². The third kappa shape index (κ3) is 4.17. The molecule has 1 N–H and O–H groups in total. The number of aryl methyl sites for hydroxylation is 1. The smallest absolute Gasteiger partial charge is 0.295 e. The molecule has 1 heterocycles. The Kier molecular flexibility index (Phi) is 5.10. The minimum absolute atomic E-state index is 0.000723. The number of hydrogen-bond donors (Lipinski definition) is 1. The van der Waals surface area contributed by atoms with E-state index in [-0.39, 0.29) is 11.6 Å². The Hall–Kier alpha value is -3.51. The first-order chi connectivity index (χ1) is 14.0. The van der Waals surface area contributed by atoms with Gasteiger partial charge in [-0.1, -0.05) is 23.7 Å². The summed E-state index contributed by atoms with van der Waals surface area (Å²) in [5.74, 6) is -0.365. The van der Waals surface area contributed by atoms with Crippen LogP contribution in [0, 0.1) is 12.7 Å². The van der Waals surface area contributed by atoms with Gasteiger partial charge in [0.25, 0.3) is 5.91 Å². The number of benzene rings is 3. The van der Waals surface area contributed by atoms with Gasteiger partial charge in [0.05, 0.1) is 5.69 Å². The largest absolute Gasteiger partial charge is 0.319 e. The van der Waals surface area contributed by atoms with Crippen molar-refractivity contribution < 1.29 is 9.18 Å². The van der Waals surface area contributed by atoms with Crippen molar-refractivity contribution in [2.75, 3.05) is 5.32 Å². The van der Waals surface area contributed by atoms with Crippen LogP contribution in [0.2, 0.25) is 5.02 Å². The molecule has 5 nitrogen and oxygen atoms in total. The van der Waals surface area contributed by atoms with Crippen LogP contribution >= 0.6 is 11.6 Å². The van der Waals surface area contributed by atoms with Crippen LogP contribution in [0.3, 0.4) is 0 Å². The molecule has 3 aromatic carbocycles.